The monoisotopic (exact) mass is 340 g/mol. The molecule has 1 aromatic carbocycles. The van der Waals surface area contributed by atoms with Gasteiger partial charge in [0, 0.05) is 16.7 Å². The molecular weight excluding hydrogens is 320 g/mol. The Morgan fingerprint density at radius 3 is 2.45 bits per heavy atom. The van der Waals surface area contributed by atoms with Crippen molar-refractivity contribution in [3.05, 3.63) is 28.2 Å². The molecule has 0 fully saturated rings. The fraction of sp³-hybridized carbons (Fsp3) is 0.467. The summed E-state index contributed by atoms with van der Waals surface area (Å²) >= 11 is 3.38. The van der Waals surface area contributed by atoms with Gasteiger partial charge in [0.05, 0.1) is 0 Å². The van der Waals surface area contributed by atoms with Crippen LogP contribution in [0.5, 0.6) is 0 Å². The molecule has 0 radical (unpaired) electrons. The van der Waals surface area contributed by atoms with Crippen molar-refractivity contribution in [3.63, 3.8) is 0 Å². The average molecular weight is 341 g/mol. The van der Waals surface area contributed by atoms with Crippen molar-refractivity contribution in [2.45, 2.75) is 34.1 Å². The number of anilines is 1. The molecule has 0 unspecified atom stereocenters. The highest BCUT2D eigenvalue weighted by Crippen LogP contribution is 2.23. The molecule has 0 heterocycles. The van der Waals surface area contributed by atoms with E-state index in [9.17, 15) is 9.59 Å². The van der Waals surface area contributed by atoms with Crippen LogP contribution in [0.2, 0.25) is 0 Å². The fourth-order valence-corrected chi connectivity index (χ4v) is 2.08. The Kier molecular flexibility index (Phi) is 5.74. The van der Waals surface area contributed by atoms with Gasteiger partial charge in [0.25, 0.3) is 0 Å². The smallest absolute Gasteiger partial charge is 0.239 e. The van der Waals surface area contributed by atoms with Gasteiger partial charge in [-0.05, 0) is 51.0 Å². The molecule has 4 nitrogen and oxygen atoms in total. The van der Waals surface area contributed by atoms with Crippen LogP contribution in [0, 0.1) is 12.3 Å². The summed E-state index contributed by atoms with van der Waals surface area (Å²) in [5, 5.41) is 5.57. The van der Waals surface area contributed by atoms with Crippen molar-refractivity contribution in [3.8, 4) is 0 Å². The number of hydrogen-bond acceptors (Lipinski definition) is 2. The summed E-state index contributed by atoms with van der Waals surface area (Å²) in [6, 6.07) is 5.59. The number of halogens is 1. The highest BCUT2D eigenvalue weighted by molar-refractivity contribution is 9.10. The highest BCUT2D eigenvalue weighted by atomic mass is 79.9. The van der Waals surface area contributed by atoms with E-state index in [-0.39, 0.29) is 11.8 Å². The predicted molar refractivity (Wildman–Crippen MR) is 84.6 cm³/mol. The lowest BCUT2D eigenvalue weighted by molar-refractivity contribution is -0.138. The number of aryl methyl sites for hydroxylation is 1. The summed E-state index contributed by atoms with van der Waals surface area (Å²) in [5.74, 6) is -0.567. The molecular formula is C15H21BrN2O2. The summed E-state index contributed by atoms with van der Waals surface area (Å²) in [5.41, 5.74) is 0.557. The van der Waals surface area contributed by atoms with Crippen LogP contribution < -0.4 is 10.6 Å². The van der Waals surface area contributed by atoms with Crippen molar-refractivity contribution in [2.24, 2.45) is 5.41 Å². The number of carbonyl (C=O) groups excluding carboxylic acids is 2. The second-order valence-corrected chi connectivity index (χ2v) is 6.21. The zero-order chi connectivity index (χ0) is 15.3. The van der Waals surface area contributed by atoms with Crippen LogP contribution in [-0.2, 0) is 9.59 Å². The predicted octanol–water partition coefficient (Wildman–Crippen LogP) is 3.25. The summed E-state index contributed by atoms with van der Waals surface area (Å²) in [6.45, 7) is 7.71. The maximum atomic E-state index is 12.3. The lowest BCUT2D eigenvalue weighted by atomic mass is 9.90. The first-order valence-electron chi connectivity index (χ1n) is 6.65. The Labute approximate surface area is 128 Å². The van der Waals surface area contributed by atoms with Crippen LogP contribution in [0.1, 0.15) is 32.8 Å². The van der Waals surface area contributed by atoms with Gasteiger partial charge in [-0.1, -0.05) is 22.9 Å². The van der Waals surface area contributed by atoms with Crippen LogP contribution >= 0.6 is 15.9 Å². The van der Waals surface area contributed by atoms with Crippen molar-refractivity contribution in [2.75, 3.05) is 11.9 Å². The van der Waals surface area contributed by atoms with Crippen LogP contribution in [0.4, 0.5) is 5.69 Å². The third-order valence-electron chi connectivity index (χ3n) is 3.11. The Morgan fingerprint density at radius 2 is 1.90 bits per heavy atom. The minimum Gasteiger partial charge on any atom is -0.355 e. The minimum atomic E-state index is -1.10. The maximum absolute atomic E-state index is 12.3. The molecule has 0 saturated carbocycles. The van der Waals surface area contributed by atoms with Crippen LogP contribution in [0.25, 0.3) is 0 Å². The molecule has 2 N–H and O–H groups in total. The number of benzene rings is 1. The second-order valence-electron chi connectivity index (χ2n) is 5.29. The van der Waals surface area contributed by atoms with Crippen LogP contribution in [-0.4, -0.2) is 18.4 Å². The Balaban J connectivity index is 2.81. The van der Waals surface area contributed by atoms with Crippen molar-refractivity contribution >= 4 is 33.4 Å². The van der Waals surface area contributed by atoms with E-state index in [1.807, 2.05) is 32.0 Å². The summed E-state index contributed by atoms with van der Waals surface area (Å²) in [4.78, 5) is 24.3. The first kappa shape index (κ1) is 16.7. The van der Waals surface area contributed by atoms with E-state index in [4.69, 9.17) is 0 Å². The molecule has 1 aromatic rings. The van der Waals surface area contributed by atoms with E-state index < -0.39 is 5.41 Å². The van der Waals surface area contributed by atoms with Gasteiger partial charge in [-0.15, -0.1) is 0 Å². The summed E-state index contributed by atoms with van der Waals surface area (Å²) < 4.78 is 0.952. The van der Waals surface area contributed by atoms with Crippen LogP contribution in [0.15, 0.2) is 22.7 Å². The third kappa shape index (κ3) is 4.07. The number of nitrogens with one attached hydrogen (secondary N) is 2. The molecule has 0 aromatic heterocycles. The molecule has 0 saturated heterocycles. The molecule has 0 bridgehead atoms. The molecule has 5 heteroatoms. The quantitative estimate of drug-likeness (QED) is 0.808. The SMILES string of the molecule is CCCNC(=O)C(C)(C)C(=O)Nc1ccc(Br)cc1C. The zero-order valence-electron chi connectivity index (χ0n) is 12.3. The Bertz CT molecular complexity index is 513. The van der Waals surface area contributed by atoms with Gasteiger partial charge in [0.1, 0.15) is 5.41 Å². The van der Waals surface area contributed by atoms with Gasteiger partial charge in [0.15, 0.2) is 0 Å². The number of carbonyl (C=O) groups is 2. The largest absolute Gasteiger partial charge is 0.355 e. The molecule has 110 valence electrons. The number of hydrogen-bond donors (Lipinski definition) is 2. The maximum Gasteiger partial charge on any atom is 0.239 e. The first-order chi connectivity index (χ1) is 9.28. The Morgan fingerprint density at radius 1 is 1.25 bits per heavy atom. The van der Waals surface area contributed by atoms with Crippen molar-refractivity contribution < 1.29 is 9.59 Å². The number of amides is 2. The van der Waals surface area contributed by atoms with Gasteiger partial charge in [-0.25, -0.2) is 0 Å². The average Bonchev–Trinajstić information content (AvgIpc) is 2.38. The summed E-state index contributed by atoms with van der Waals surface area (Å²) in [7, 11) is 0. The fourth-order valence-electron chi connectivity index (χ4n) is 1.61. The first-order valence-corrected chi connectivity index (χ1v) is 7.44. The Hall–Kier alpha value is -1.36. The molecule has 0 atom stereocenters. The molecule has 0 aliphatic carbocycles. The normalized spacial score (nSPS) is 11.1. The minimum absolute atomic E-state index is 0.258. The zero-order valence-corrected chi connectivity index (χ0v) is 13.9. The topological polar surface area (TPSA) is 58.2 Å². The van der Waals surface area contributed by atoms with Crippen molar-refractivity contribution in [1.82, 2.24) is 5.32 Å². The van der Waals surface area contributed by atoms with Crippen LogP contribution in [0.3, 0.4) is 0 Å². The standard InChI is InChI=1S/C15H21BrN2O2/c1-5-8-17-13(19)15(3,4)14(20)18-12-7-6-11(16)9-10(12)2/h6-7,9H,5,8H2,1-4H3,(H,17,19)(H,18,20). The molecule has 0 aliphatic rings. The van der Waals surface area contributed by atoms with E-state index in [2.05, 4.69) is 26.6 Å². The number of rotatable bonds is 5. The van der Waals surface area contributed by atoms with E-state index in [0.717, 1.165) is 22.1 Å². The van der Waals surface area contributed by atoms with E-state index >= 15 is 0 Å². The van der Waals surface area contributed by atoms with E-state index in [1.165, 1.54) is 0 Å². The summed E-state index contributed by atoms with van der Waals surface area (Å²) in [6.07, 6.45) is 0.843. The third-order valence-corrected chi connectivity index (χ3v) is 3.60. The van der Waals surface area contributed by atoms with Crippen molar-refractivity contribution in [1.29, 1.82) is 0 Å². The molecule has 0 aliphatic heterocycles. The van der Waals surface area contributed by atoms with Gasteiger partial charge >= 0.3 is 0 Å². The highest BCUT2D eigenvalue weighted by Gasteiger charge is 2.35. The van der Waals surface area contributed by atoms with E-state index in [1.54, 1.807) is 13.8 Å². The second kappa shape index (κ2) is 6.88. The molecule has 20 heavy (non-hydrogen) atoms. The molecule has 2 amide bonds. The van der Waals surface area contributed by atoms with Gasteiger partial charge in [-0.2, -0.15) is 0 Å². The molecule has 1 rings (SSSR count). The molecule has 0 spiro atoms. The van der Waals surface area contributed by atoms with Gasteiger partial charge < -0.3 is 10.6 Å². The lowest BCUT2D eigenvalue weighted by Crippen LogP contribution is -2.45. The lowest BCUT2D eigenvalue weighted by Gasteiger charge is -2.23. The van der Waals surface area contributed by atoms with E-state index in [0.29, 0.717) is 6.54 Å². The van der Waals surface area contributed by atoms with Gasteiger partial charge in [0.2, 0.25) is 11.8 Å². The van der Waals surface area contributed by atoms with Gasteiger partial charge in [-0.3, -0.25) is 9.59 Å².